The summed E-state index contributed by atoms with van der Waals surface area (Å²) in [6, 6.07) is 13.1. The maximum Gasteiger partial charge on any atom is 0.255 e. The summed E-state index contributed by atoms with van der Waals surface area (Å²) in [6.07, 6.45) is 6.04. The molecule has 1 aromatic heterocycles. The van der Waals surface area contributed by atoms with Gasteiger partial charge in [-0.15, -0.1) is 0 Å². The molecule has 2 amide bonds. The van der Waals surface area contributed by atoms with E-state index in [4.69, 9.17) is 0 Å². The van der Waals surface area contributed by atoms with E-state index < -0.39 is 0 Å². The SMILES string of the molecule is CC(=O)N1CCc2cc(C(=O)Nc3cccc(-n4ccnc4)c3)ccc21. The molecule has 0 radical (unpaired) electrons. The highest BCUT2D eigenvalue weighted by Gasteiger charge is 2.23. The van der Waals surface area contributed by atoms with E-state index in [9.17, 15) is 9.59 Å². The molecule has 0 aliphatic carbocycles. The van der Waals surface area contributed by atoms with Crippen LogP contribution >= 0.6 is 0 Å². The first-order chi connectivity index (χ1) is 12.6. The molecule has 6 nitrogen and oxygen atoms in total. The van der Waals surface area contributed by atoms with E-state index in [2.05, 4.69) is 10.3 Å². The van der Waals surface area contributed by atoms with E-state index in [0.717, 1.165) is 23.4 Å². The number of nitrogens with zero attached hydrogens (tertiary/aromatic N) is 3. The molecule has 0 bridgehead atoms. The largest absolute Gasteiger partial charge is 0.322 e. The number of fused-ring (bicyclic) bond motifs is 1. The highest BCUT2D eigenvalue weighted by molar-refractivity contribution is 6.05. The second kappa shape index (κ2) is 6.48. The number of aromatic nitrogens is 2. The van der Waals surface area contributed by atoms with Crippen molar-refractivity contribution in [2.75, 3.05) is 16.8 Å². The number of benzene rings is 2. The van der Waals surface area contributed by atoms with Crippen LogP contribution in [0.3, 0.4) is 0 Å². The molecule has 2 aromatic carbocycles. The van der Waals surface area contributed by atoms with E-state index in [1.165, 1.54) is 0 Å². The zero-order chi connectivity index (χ0) is 18.1. The summed E-state index contributed by atoms with van der Waals surface area (Å²) in [6.45, 7) is 2.23. The van der Waals surface area contributed by atoms with E-state index in [0.29, 0.717) is 17.8 Å². The molecule has 1 aliphatic heterocycles. The van der Waals surface area contributed by atoms with Crippen LogP contribution in [-0.4, -0.2) is 27.9 Å². The summed E-state index contributed by atoms with van der Waals surface area (Å²) in [5, 5.41) is 2.93. The van der Waals surface area contributed by atoms with Crippen LogP contribution in [0.25, 0.3) is 5.69 Å². The monoisotopic (exact) mass is 346 g/mol. The van der Waals surface area contributed by atoms with Gasteiger partial charge >= 0.3 is 0 Å². The van der Waals surface area contributed by atoms with Crippen LogP contribution in [0.4, 0.5) is 11.4 Å². The topological polar surface area (TPSA) is 67.2 Å². The predicted octanol–water partition coefficient (Wildman–Crippen LogP) is 3.03. The number of carbonyl (C=O) groups excluding carboxylic acids is 2. The fourth-order valence-corrected chi connectivity index (χ4v) is 3.23. The summed E-state index contributed by atoms with van der Waals surface area (Å²) in [4.78, 5) is 30.0. The molecule has 0 spiro atoms. The molecule has 2 heterocycles. The van der Waals surface area contributed by atoms with Gasteiger partial charge < -0.3 is 14.8 Å². The van der Waals surface area contributed by atoms with Crippen molar-refractivity contribution in [3.05, 3.63) is 72.3 Å². The highest BCUT2D eigenvalue weighted by atomic mass is 16.2. The Kier molecular flexibility index (Phi) is 4.01. The first-order valence-corrected chi connectivity index (χ1v) is 8.42. The molecule has 0 saturated heterocycles. The summed E-state index contributed by atoms with van der Waals surface area (Å²) < 4.78 is 1.88. The van der Waals surface area contributed by atoms with Crippen molar-refractivity contribution < 1.29 is 9.59 Å². The third-order valence-corrected chi connectivity index (χ3v) is 4.52. The van der Waals surface area contributed by atoms with Crippen molar-refractivity contribution in [2.24, 2.45) is 0 Å². The average molecular weight is 346 g/mol. The lowest BCUT2D eigenvalue weighted by molar-refractivity contribution is -0.116. The second-order valence-corrected chi connectivity index (χ2v) is 6.24. The van der Waals surface area contributed by atoms with Gasteiger partial charge in [0.25, 0.3) is 5.91 Å². The quantitative estimate of drug-likeness (QED) is 0.793. The maximum absolute atomic E-state index is 12.6. The molecule has 0 saturated carbocycles. The summed E-state index contributed by atoms with van der Waals surface area (Å²) in [5.74, 6) is -0.144. The summed E-state index contributed by atoms with van der Waals surface area (Å²) in [5.41, 5.74) is 4.15. The predicted molar refractivity (Wildman–Crippen MR) is 99.7 cm³/mol. The van der Waals surface area contributed by atoms with Gasteiger partial charge in [0, 0.05) is 48.5 Å². The maximum atomic E-state index is 12.6. The van der Waals surface area contributed by atoms with E-state index in [1.807, 2.05) is 47.2 Å². The van der Waals surface area contributed by atoms with Crippen molar-refractivity contribution in [3.63, 3.8) is 0 Å². The van der Waals surface area contributed by atoms with Crippen molar-refractivity contribution in [2.45, 2.75) is 13.3 Å². The Balaban J connectivity index is 1.54. The normalized spacial score (nSPS) is 12.7. The van der Waals surface area contributed by atoms with E-state index in [-0.39, 0.29) is 11.8 Å². The third kappa shape index (κ3) is 2.97. The first-order valence-electron chi connectivity index (χ1n) is 8.42. The van der Waals surface area contributed by atoms with Gasteiger partial charge in [-0.2, -0.15) is 0 Å². The number of amides is 2. The number of hydrogen-bond donors (Lipinski definition) is 1. The first kappa shape index (κ1) is 16.1. The van der Waals surface area contributed by atoms with Crippen molar-refractivity contribution in [3.8, 4) is 5.69 Å². The van der Waals surface area contributed by atoms with Gasteiger partial charge in [-0.1, -0.05) is 6.07 Å². The molecular weight excluding hydrogens is 328 g/mol. The minimum atomic E-state index is -0.170. The standard InChI is InChI=1S/C20H18N4O2/c1-14(25)24-9-7-15-11-16(5-6-19(15)24)20(26)22-17-3-2-4-18(12-17)23-10-8-21-13-23/h2-6,8,10-13H,7,9H2,1H3,(H,22,26). The molecule has 1 N–H and O–H groups in total. The molecule has 3 aromatic rings. The van der Waals surface area contributed by atoms with Gasteiger partial charge in [0.2, 0.25) is 5.91 Å². The number of rotatable bonds is 3. The van der Waals surface area contributed by atoms with Crippen LogP contribution in [0.1, 0.15) is 22.8 Å². The summed E-state index contributed by atoms with van der Waals surface area (Å²) >= 11 is 0. The van der Waals surface area contributed by atoms with Gasteiger partial charge in [-0.25, -0.2) is 4.98 Å². The van der Waals surface area contributed by atoms with Gasteiger partial charge in [0.15, 0.2) is 0 Å². The van der Waals surface area contributed by atoms with E-state index >= 15 is 0 Å². The van der Waals surface area contributed by atoms with Gasteiger partial charge in [0.1, 0.15) is 0 Å². The minimum Gasteiger partial charge on any atom is -0.322 e. The Hall–Kier alpha value is -3.41. The number of imidazole rings is 1. The number of hydrogen-bond acceptors (Lipinski definition) is 3. The van der Waals surface area contributed by atoms with Crippen molar-refractivity contribution in [1.82, 2.24) is 9.55 Å². The van der Waals surface area contributed by atoms with Crippen LogP contribution in [0, 0.1) is 0 Å². The lowest BCUT2D eigenvalue weighted by Crippen LogP contribution is -2.25. The lowest BCUT2D eigenvalue weighted by Gasteiger charge is -2.15. The van der Waals surface area contributed by atoms with Gasteiger partial charge in [0.05, 0.1) is 6.33 Å². The third-order valence-electron chi connectivity index (χ3n) is 4.52. The molecule has 6 heteroatoms. The van der Waals surface area contributed by atoms with Gasteiger partial charge in [-0.3, -0.25) is 9.59 Å². The molecule has 0 fully saturated rings. The van der Waals surface area contributed by atoms with Crippen molar-refractivity contribution >= 4 is 23.2 Å². The fraction of sp³-hybridized carbons (Fsp3) is 0.150. The Morgan fingerprint density at radius 1 is 1.15 bits per heavy atom. The second-order valence-electron chi connectivity index (χ2n) is 6.24. The van der Waals surface area contributed by atoms with Crippen LogP contribution in [-0.2, 0) is 11.2 Å². The van der Waals surface area contributed by atoms with Gasteiger partial charge in [-0.05, 0) is 48.4 Å². The smallest absolute Gasteiger partial charge is 0.255 e. The fourth-order valence-electron chi connectivity index (χ4n) is 3.23. The van der Waals surface area contributed by atoms with Crippen LogP contribution in [0.15, 0.2) is 61.2 Å². The Morgan fingerprint density at radius 3 is 2.81 bits per heavy atom. The average Bonchev–Trinajstić information content (AvgIpc) is 3.31. The zero-order valence-corrected chi connectivity index (χ0v) is 14.3. The molecule has 130 valence electrons. The summed E-state index contributed by atoms with van der Waals surface area (Å²) in [7, 11) is 0. The van der Waals surface area contributed by atoms with Crippen LogP contribution in [0.2, 0.25) is 0 Å². The van der Waals surface area contributed by atoms with E-state index in [1.54, 1.807) is 30.4 Å². The Labute approximate surface area is 151 Å². The van der Waals surface area contributed by atoms with Crippen LogP contribution < -0.4 is 10.2 Å². The molecule has 0 unspecified atom stereocenters. The lowest BCUT2D eigenvalue weighted by atomic mass is 10.1. The Bertz CT molecular complexity index is 979. The molecule has 4 rings (SSSR count). The molecular formula is C20H18N4O2. The zero-order valence-electron chi connectivity index (χ0n) is 14.3. The van der Waals surface area contributed by atoms with Crippen LogP contribution in [0.5, 0.6) is 0 Å². The van der Waals surface area contributed by atoms with Crippen molar-refractivity contribution in [1.29, 1.82) is 0 Å². The number of carbonyl (C=O) groups is 2. The highest BCUT2D eigenvalue weighted by Crippen LogP contribution is 2.29. The Morgan fingerprint density at radius 2 is 2.04 bits per heavy atom. The number of nitrogens with one attached hydrogen (secondary N) is 1. The molecule has 1 aliphatic rings. The number of anilines is 2. The molecule has 0 atom stereocenters. The minimum absolute atomic E-state index is 0.0252. The molecule has 26 heavy (non-hydrogen) atoms.